The molecule has 104 valence electrons. The number of rotatable bonds is 4. The third-order valence-corrected chi connectivity index (χ3v) is 3.30. The molecule has 1 aromatic heterocycles. The Balaban J connectivity index is 1.90. The van der Waals surface area contributed by atoms with Gasteiger partial charge in [-0.1, -0.05) is 6.07 Å². The van der Waals surface area contributed by atoms with E-state index in [1.54, 1.807) is 19.4 Å². The van der Waals surface area contributed by atoms with E-state index in [-0.39, 0.29) is 6.03 Å². The molecule has 0 atom stereocenters. The van der Waals surface area contributed by atoms with E-state index in [0.717, 1.165) is 14.8 Å². The zero-order valence-corrected chi connectivity index (χ0v) is 13.0. The molecule has 0 unspecified atom stereocenters. The van der Waals surface area contributed by atoms with Crippen molar-refractivity contribution < 1.29 is 9.53 Å². The number of carbonyl (C=O) groups excluding carboxylic acids is 1. The molecule has 0 aliphatic rings. The SMILES string of the molecule is COc1ncccc1CNC(=O)Nc1ccc(I)cc1. The number of nitrogens with zero attached hydrogens (tertiary/aromatic N) is 1. The van der Waals surface area contributed by atoms with Gasteiger partial charge in [0.05, 0.1) is 7.11 Å². The molecular formula is C14H14IN3O2. The molecule has 0 aliphatic heterocycles. The van der Waals surface area contributed by atoms with E-state index in [0.29, 0.717) is 12.4 Å². The molecule has 5 nitrogen and oxygen atoms in total. The van der Waals surface area contributed by atoms with Gasteiger partial charge in [0, 0.05) is 27.6 Å². The van der Waals surface area contributed by atoms with Crippen molar-refractivity contribution in [1.29, 1.82) is 0 Å². The van der Waals surface area contributed by atoms with Crippen LogP contribution in [-0.4, -0.2) is 18.1 Å². The number of benzene rings is 1. The summed E-state index contributed by atoms with van der Waals surface area (Å²) in [5.41, 5.74) is 1.58. The van der Waals surface area contributed by atoms with E-state index in [2.05, 4.69) is 38.2 Å². The van der Waals surface area contributed by atoms with E-state index in [1.807, 2.05) is 30.3 Å². The number of nitrogens with one attached hydrogen (secondary N) is 2. The second-order valence-electron chi connectivity index (χ2n) is 3.99. The summed E-state index contributed by atoms with van der Waals surface area (Å²) in [6, 6.07) is 11.0. The Kier molecular flexibility index (Phi) is 5.16. The third-order valence-electron chi connectivity index (χ3n) is 2.58. The van der Waals surface area contributed by atoms with Crippen molar-refractivity contribution >= 4 is 34.3 Å². The van der Waals surface area contributed by atoms with Crippen molar-refractivity contribution in [1.82, 2.24) is 10.3 Å². The molecule has 2 rings (SSSR count). The second kappa shape index (κ2) is 7.09. The highest BCUT2D eigenvalue weighted by molar-refractivity contribution is 14.1. The van der Waals surface area contributed by atoms with Crippen molar-refractivity contribution in [3.63, 3.8) is 0 Å². The van der Waals surface area contributed by atoms with Crippen LogP contribution in [0.25, 0.3) is 0 Å². The van der Waals surface area contributed by atoms with Gasteiger partial charge in [0.1, 0.15) is 0 Å². The summed E-state index contributed by atoms with van der Waals surface area (Å²) in [5.74, 6) is 0.516. The van der Waals surface area contributed by atoms with Crippen molar-refractivity contribution in [2.24, 2.45) is 0 Å². The number of amides is 2. The summed E-state index contributed by atoms with van der Waals surface area (Å²) >= 11 is 2.21. The number of methoxy groups -OCH3 is 1. The maximum Gasteiger partial charge on any atom is 0.319 e. The summed E-state index contributed by atoms with van der Waals surface area (Å²) < 4.78 is 6.24. The van der Waals surface area contributed by atoms with E-state index in [9.17, 15) is 4.79 Å². The summed E-state index contributed by atoms with van der Waals surface area (Å²) in [5, 5.41) is 5.53. The average molecular weight is 383 g/mol. The fourth-order valence-corrected chi connectivity index (χ4v) is 1.99. The number of hydrogen-bond acceptors (Lipinski definition) is 3. The van der Waals surface area contributed by atoms with Gasteiger partial charge in [0.2, 0.25) is 5.88 Å². The van der Waals surface area contributed by atoms with E-state index < -0.39 is 0 Å². The molecule has 0 saturated heterocycles. The monoisotopic (exact) mass is 383 g/mol. The lowest BCUT2D eigenvalue weighted by Crippen LogP contribution is -2.28. The van der Waals surface area contributed by atoms with Gasteiger partial charge in [-0.2, -0.15) is 0 Å². The normalized spacial score (nSPS) is 9.90. The summed E-state index contributed by atoms with van der Waals surface area (Å²) in [7, 11) is 1.55. The lowest BCUT2D eigenvalue weighted by molar-refractivity contribution is 0.251. The standard InChI is InChI=1S/C14H14IN3O2/c1-20-13-10(3-2-8-16-13)9-17-14(19)18-12-6-4-11(15)5-7-12/h2-8H,9H2,1H3,(H2,17,18,19). The topological polar surface area (TPSA) is 63.2 Å². The Hall–Kier alpha value is -1.83. The third kappa shape index (κ3) is 4.09. The number of carbonyl (C=O) groups is 1. The second-order valence-corrected chi connectivity index (χ2v) is 5.23. The van der Waals surface area contributed by atoms with Crippen LogP contribution in [0.15, 0.2) is 42.6 Å². The number of anilines is 1. The maximum atomic E-state index is 11.8. The van der Waals surface area contributed by atoms with Crippen LogP contribution in [0, 0.1) is 3.57 Å². The molecular weight excluding hydrogens is 369 g/mol. The van der Waals surface area contributed by atoms with Gasteiger partial charge in [-0.15, -0.1) is 0 Å². The number of urea groups is 1. The highest BCUT2D eigenvalue weighted by atomic mass is 127. The average Bonchev–Trinajstić information content (AvgIpc) is 2.48. The molecule has 2 amide bonds. The predicted octanol–water partition coefficient (Wildman–Crippen LogP) is 3.02. The highest BCUT2D eigenvalue weighted by Crippen LogP contribution is 2.13. The van der Waals surface area contributed by atoms with Crippen molar-refractivity contribution in [3.8, 4) is 5.88 Å². The Morgan fingerprint density at radius 2 is 2.05 bits per heavy atom. The first-order valence-electron chi connectivity index (χ1n) is 5.97. The van der Waals surface area contributed by atoms with Crippen LogP contribution in [-0.2, 0) is 6.54 Å². The molecule has 1 aromatic carbocycles. The van der Waals surface area contributed by atoms with Gasteiger partial charge in [-0.3, -0.25) is 0 Å². The first-order chi connectivity index (χ1) is 9.69. The summed E-state index contributed by atoms with van der Waals surface area (Å²) in [6.45, 7) is 0.354. The number of pyridine rings is 1. The van der Waals surface area contributed by atoms with Crippen molar-refractivity contribution in [2.75, 3.05) is 12.4 Å². The lowest BCUT2D eigenvalue weighted by atomic mass is 10.2. The van der Waals surface area contributed by atoms with Crippen molar-refractivity contribution in [3.05, 3.63) is 51.7 Å². The Labute approximate surface area is 130 Å². The molecule has 0 spiro atoms. The van der Waals surface area contributed by atoms with Crippen LogP contribution in [0.2, 0.25) is 0 Å². The molecule has 0 saturated carbocycles. The zero-order chi connectivity index (χ0) is 14.4. The molecule has 1 heterocycles. The molecule has 20 heavy (non-hydrogen) atoms. The highest BCUT2D eigenvalue weighted by Gasteiger charge is 2.06. The predicted molar refractivity (Wildman–Crippen MR) is 85.8 cm³/mol. The van der Waals surface area contributed by atoms with Crippen LogP contribution in [0.4, 0.5) is 10.5 Å². The molecule has 2 aromatic rings. The fourth-order valence-electron chi connectivity index (χ4n) is 1.63. The quantitative estimate of drug-likeness (QED) is 0.798. The van der Waals surface area contributed by atoms with E-state index in [1.165, 1.54) is 0 Å². The molecule has 0 radical (unpaired) electrons. The van der Waals surface area contributed by atoms with Gasteiger partial charge in [-0.05, 0) is 52.9 Å². The maximum absolute atomic E-state index is 11.8. The smallest absolute Gasteiger partial charge is 0.319 e. The lowest BCUT2D eigenvalue weighted by Gasteiger charge is -2.09. The minimum atomic E-state index is -0.267. The Bertz CT molecular complexity index is 587. The van der Waals surface area contributed by atoms with Crippen LogP contribution in [0.3, 0.4) is 0 Å². The molecule has 0 bridgehead atoms. The molecule has 0 fully saturated rings. The van der Waals surface area contributed by atoms with Gasteiger partial charge in [-0.25, -0.2) is 9.78 Å². The zero-order valence-electron chi connectivity index (χ0n) is 10.9. The van der Waals surface area contributed by atoms with E-state index >= 15 is 0 Å². The minimum absolute atomic E-state index is 0.267. The van der Waals surface area contributed by atoms with Crippen LogP contribution in [0.5, 0.6) is 5.88 Å². The molecule has 0 aliphatic carbocycles. The minimum Gasteiger partial charge on any atom is -0.481 e. The van der Waals surface area contributed by atoms with Crippen molar-refractivity contribution in [2.45, 2.75) is 6.54 Å². The molecule has 2 N–H and O–H groups in total. The Morgan fingerprint density at radius 3 is 2.75 bits per heavy atom. The van der Waals surface area contributed by atoms with Gasteiger partial charge >= 0.3 is 6.03 Å². The van der Waals surface area contributed by atoms with Gasteiger partial charge < -0.3 is 15.4 Å². The van der Waals surface area contributed by atoms with E-state index in [4.69, 9.17) is 4.74 Å². The first kappa shape index (κ1) is 14.6. The van der Waals surface area contributed by atoms with Crippen LogP contribution in [0.1, 0.15) is 5.56 Å². The number of aromatic nitrogens is 1. The summed E-state index contributed by atoms with van der Waals surface area (Å²) in [4.78, 5) is 15.9. The number of ether oxygens (including phenoxy) is 1. The summed E-state index contributed by atoms with van der Waals surface area (Å²) in [6.07, 6.45) is 1.65. The van der Waals surface area contributed by atoms with Crippen LogP contribution < -0.4 is 15.4 Å². The van der Waals surface area contributed by atoms with Crippen LogP contribution >= 0.6 is 22.6 Å². The largest absolute Gasteiger partial charge is 0.481 e. The number of halogens is 1. The van der Waals surface area contributed by atoms with Gasteiger partial charge in [0.25, 0.3) is 0 Å². The number of hydrogen-bond donors (Lipinski definition) is 2. The van der Waals surface area contributed by atoms with Gasteiger partial charge in [0.15, 0.2) is 0 Å². The fraction of sp³-hybridized carbons (Fsp3) is 0.143. The molecule has 6 heteroatoms. The first-order valence-corrected chi connectivity index (χ1v) is 7.05. The Morgan fingerprint density at radius 1 is 1.30 bits per heavy atom.